The molecule has 2 aromatic carbocycles. The van der Waals surface area contributed by atoms with Crippen LogP contribution in [0.3, 0.4) is 0 Å². The Labute approximate surface area is 177 Å². The number of thiophene rings is 1. The second-order valence-electron chi connectivity index (χ2n) is 6.08. The fraction of sp³-hybridized carbons (Fsp3) is 0.300. The van der Waals surface area contributed by atoms with E-state index in [0.29, 0.717) is 15.5 Å². The van der Waals surface area contributed by atoms with Crippen LogP contribution in [0.5, 0.6) is 0 Å². The summed E-state index contributed by atoms with van der Waals surface area (Å²) in [6.45, 7) is 3.90. The van der Waals surface area contributed by atoms with Gasteiger partial charge in [0.2, 0.25) is 0 Å². The van der Waals surface area contributed by atoms with Crippen LogP contribution >= 0.6 is 42.1 Å². The average Bonchev–Trinajstić information content (AvgIpc) is 3.00. The van der Waals surface area contributed by atoms with Gasteiger partial charge in [-0.25, -0.2) is 4.39 Å². The quantitative estimate of drug-likeness (QED) is 0.320. The zero-order chi connectivity index (χ0) is 20.3. The van der Waals surface area contributed by atoms with E-state index < -0.39 is 19.1 Å². The van der Waals surface area contributed by atoms with Gasteiger partial charge in [-0.3, -0.25) is 4.57 Å². The lowest BCUT2D eigenvalue weighted by Crippen LogP contribution is -2.10. The number of fused-ring (bicyclic) bond motifs is 1. The van der Waals surface area contributed by atoms with Gasteiger partial charge < -0.3 is 9.05 Å². The van der Waals surface area contributed by atoms with Crippen molar-refractivity contribution in [2.24, 2.45) is 0 Å². The second kappa shape index (κ2) is 9.25. The molecule has 3 nitrogen and oxygen atoms in total. The first-order valence-electron chi connectivity index (χ1n) is 8.89. The summed E-state index contributed by atoms with van der Waals surface area (Å²) in [5.74, 6) is -0.536. The zero-order valence-electron chi connectivity index (χ0n) is 15.5. The molecule has 0 aliphatic carbocycles. The Bertz CT molecular complexity index is 1010. The normalized spacial score (nSPS) is 13.2. The van der Waals surface area contributed by atoms with Crippen LogP contribution in [0.1, 0.15) is 29.9 Å². The highest BCUT2D eigenvalue weighted by atomic mass is 35.5. The predicted molar refractivity (Wildman–Crippen MR) is 116 cm³/mol. The van der Waals surface area contributed by atoms with E-state index >= 15 is 0 Å². The summed E-state index contributed by atoms with van der Waals surface area (Å²) >= 11 is 14.0. The summed E-state index contributed by atoms with van der Waals surface area (Å²) in [4.78, 5) is 0.660. The number of halogens is 3. The van der Waals surface area contributed by atoms with E-state index in [1.165, 1.54) is 17.4 Å². The lowest BCUT2D eigenvalue weighted by Gasteiger charge is -2.26. The maximum absolute atomic E-state index is 14.6. The highest BCUT2D eigenvalue weighted by Crippen LogP contribution is 2.64. The van der Waals surface area contributed by atoms with Crippen molar-refractivity contribution in [3.05, 3.63) is 68.8 Å². The second-order valence-corrected chi connectivity index (χ2v) is 10.2. The fourth-order valence-corrected chi connectivity index (χ4v) is 7.44. The summed E-state index contributed by atoms with van der Waals surface area (Å²) in [5.41, 5.74) is -0.407. The van der Waals surface area contributed by atoms with Gasteiger partial charge in [-0.1, -0.05) is 53.5 Å². The molecule has 1 unspecified atom stereocenters. The molecule has 0 fully saturated rings. The topological polar surface area (TPSA) is 35.5 Å². The summed E-state index contributed by atoms with van der Waals surface area (Å²) in [7, 11) is -3.62. The lowest BCUT2D eigenvalue weighted by atomic mass is 10.1. The van der Waals surface area contributed by atoms with Gasteiger partial charge in [0.05, 0.1) is 23.3 Å². The Hall–Kier alpha value is -0.940. The van der Waals surface area contributed by atoms with Crippen LogP contribution in [-0.2, 0) is 20.0 Å². The molecule has 0 amide bonds. The van der Waals surface area contributed by atoms with Crippen LogP contribution in [0.15, 0.2) is 42.5 Å². The van der Waals surface area contributed by atoms with Crippen molar-refractivity contribution < 1.29 is 18.0 Å². The third-order valence-corrected chi connectivity index (χ3v) is 9.02. The fourth-order valence-electron chi connectivity index (χ4n) is 3.09. The molecule has 1 atom stereocenters. The van der Waals surface area contributed by atoms with Crippen LogP contribution < -0.4 is 0 Å². The minimum absolute atomic E-state index is 0.0151. The molecule has 3 aromatic rings. The van der Waals surface area contributed by atoms with Crippen LogP contribution in [0.25, 0.3) is 10.1 Å². The molecule has 0 aliphatic heterocycles. The Kier molecular flexibility index (Phi) is 7.19. The van der Waals surface area contributed by atoms with Gasteiger partial charge in [0.15, 0.2) is 0 Å². The van der Waals surface area contributed by atoms with E-state index in [2.05, 4.69) is 0 Å². The Morgan fingerprint density at radius 3 is 2.39 bits per heavy atom. The third kappa shape index (κ3) is 4.30. The minimum Gasteiger partial charge on any atom is -0.308 e. The van der Waals surface area contributed by atoms with Gasteiger partial charge in [-0.05, 0) is 38.0 Å². The number of hydrogen-bond acceptors (Lipinski definition) is 4. The Morgan fingerprint density at radius 2 is 1.75 bits per heavy atom. The minimum atomic E-state index is -3.62. The van der Waals surface area contributed by atoms with Crippen molar-refractivity contribution in [1.29, 1.82) is 0 Å². The van der Waals surface area contributed by atoms with Gasteiger partial charge in [0.25, 0.3) is 0 Å². The molecule has 150 valence electrons. The molecule has 1 aromatic heterocycles. The highest BCUT2D eigenvalue weighted by Gasteiger charge is 2.40. The average molecular weight is 461 g/mol. The van der Waals surface area contributed by atoms with Gasteiger partial charge in [-0.2, -0.15) is 0 Å². The van der Waals surface area contributed by atoms with Crippen LogP contribution in [0.4, 0.5) is 4.39 Å². The summed E-state index contributed by atoms with van der Waals surface area (Å²) < 4.78 is 40.5. The SMILES string of the molecule is CCOP(=O)(OCC)C(Cc1cccc(Cl)c1F)c1sc2ccccc2c1Cl. The first kappa shape index (κ1) is 21.8. The monoisotopic (exact) mass is 460 g/mol. The first-order chi connectivity index (χ1) is 13.4. The highest BCUT2D eigenvalue weighted by molar-refractivity contribution is 7.54. The molecule has 0 aliphatic rings. The molecule has 0 saturated carbocycles. The number of benzene rings is 2. The number of rotatable bonds is 8. The summed E-state index contributed by atoms with van der Waals surface area (Å²) in [6.07, 6.45) is 0.0935. The summed E-state index contributed by atoms with van der Waals surface area (Å²) in [6, 6.07) is 12.4. The Morgan fingerprint density at radius 1 is 1.07 bits per heavy atom. The van der Waals surface area contributed by atoms with Crippen molar-refractivity contribution in [2.45, 2.75) is 25.9 Å². The van der Waals surface area contributed by atoms with Gasteiger partial charge >= 0.3 is 7.60 Å². The number of hydrogen-bond donors (Lipinski definition) is 0. The molecule has 28 heavy (non-hydrogen) atoms. The third-order valence-electron chi connectivity index (χ3n) is 4.31. The van der Waals surface area contributed by atoms with E-state index in [-0.39, 0.29) is 24.7 Å². The summed E-state index contributed by atoms with van der Waals surface area (Å²) in [5, 5.41) is 1.37. The standard InChI is InChI=1S/C20H20Cl2FO3PS/c1-3-25-27(24,26-4-2)16(12-13-8-7-10-15(21)19(13)23)20-18(22)14-9-5-6-11-17(14)28-20/h5-11,16H,3-4,12H2,1-2H3. The largest absolute Gasteiger partial charge is 0.339 e. The maximum atomic E-state index is 14.6. The molecule has 1 heterocycles. The van der Waals surface area contributed by atoms with Gasteiger partial charge in [-0.15, -0.1) is 11.3 Å². The molecule has 0 radical (unpaired) electrons. The van der Waals surface area contributed by atoms with Crippen molar-refractivity contribution in [3.63, 3.8) is 0 Å². The van der Waals surface area contributed by atoms with Gasteiger partial charge in [0.1, 0.15) is 11.5 Å². The molecule has 0 saturated heterocycles. The molecule has 3 rings (SSSR count). The van der Waals surface area contributed by atoms with E-state index in [4.69, 9.17) is 32.2 Å². The smallest absolute Gasteiger partial charge is 0.308 e. The molecule has 0 N–H and O–H groups in total. The van der Waals surface area contributed by atoms with Gasteiger partial charge in [0, 0.05) is 15.0 Å². The van der Waals surface area contributed by atoms with Crippen LogP contribution in [0, 0.1) is 5.82 Å². The van der Waals surface area contributed by atoms with Crippen molar-refractivity contribution in [3.8, 4) is 0 Å². The molecule has 0 bridgehead atoms. The Balaban J connectivity index is 2.16. The van der Waals surface area contributed by atoms with E-state index in [1.54, 1.807) is 26.0 Å². The van der Waals surface area contributed by atoms with Crippen molar-refractivity contribution >= 4 is 52.2 Å². The lowest BCUT2D eigenvalue weighted by molar-refractivity contribution is 0.212. The first-order valence-corrected chi connectivity index (χ1v) is 12.1. The predicted octanol–water partition coefficient (Wildman–Crippen LogP) is 7.90. The molecular formula is C20H20Cl2FO3PS. The molecular weight excluding hydrogens is 441 g/mol. The maximum Gasteiger partial charge on any atom is 0.339 e. The molecule has 0 spiro atoms. The van der Waals surface area contributed by atoms with Crippen LogP contribution in [0.2, 0.25) is 10.0 Å². The van der Waals surface area contributed by atoms with E-state index in [1.807, 2.05) is 24.3 Å². The van der Waals surface area contributed by atoms with E-state index in [9.17, 15) is 8.96 Å². The van der Waals surface area contributed by atoms with Crippen LogP contribution in [-0.4, -0.2) is 13.2 Å². The van der Waals surface area contributed by atoms with Crippen molar-refractivity contribution in [1.82, 2.24) is 0 Å². The molecule has 8 heteroatoms. The van der Waals surface area contributed by atoms with Crippen molar-refractivity contribution in [2.75, 3.05) is 13.2 Å². The van der Waals surface area contributed by atoms with E-state index in [0.717, 1.165) is 10.1 Å². The zero-order valence-corrected chi connectivity index (χ0v) is 18.7.